The highest BCUT2D eigenvalue weighted by molar-refractivity contribution is 9.09. The van der Waals surface area contributed by atoms with E-state index in [-0.39, 0.29) is 4.83 Å². The molecule has 0 saturated heterocycles. The van der Waals surface area contributed by atoms with Crippen molar-refractivity contribution >= 4 is 26.0 Å². The number of hydrogen-bond donors (Lipinski definition) is 1. The summed E-state index contributed by atoms with van der Waals surface area (Å²) in [5.41, 5.74) is 0. The van der Waals surface area contributed by atoms with Crippen LogP contribution in [-0.4, -0.2) is 23.0 Å². The van der Waals surface area contributed by atoms with Crippen molar-refractivity contribution in [3.05, 3.63) is 0 Å². The predicted molar refractivity (Wildman–Crippen MR) is 32.7 cm³/mol. The Morgan fingerprint density at radius 1 is 1.62 bits per heavy atom. The monoisotopic (exact) mass is 200 g/mol. The fourth-order valence-corrected chi connectivity index (χ4v) is 2.74. The van der Waals surface area contributed by atoms with E-state index >= 15 is 0 Å². The van der Waals surface area contributed by atoms with E-state index in [1.807, 2.05) is 0 Å². The minimum atomic E-state index is -3.73. The van der Waals surface area contributed by atoms with Crippen LogP contribution in [0.5, 0.6) is 0 Å². The normalized spacial score (nSPS) is 37.2. The van der Waals surface area contributed by atoms with E-state index in [0.717, 1.165) is 0 Å². The van der Waals surface area contributed by atoms with E-state index in [4.69, 9.17) is 4.55 Å². The van der Waals surface area contributed by atoms with E-state index in [1.165, 1.54) is 0 Å². The van der Waals surface area contributed by atoms with Crippen LogP contribution in [0.3, 0.4) is 0 Å². The van der Waals surface area contributed by atoms with Gasteiger partial charge in [0, 0.05) is 4.83 Å². The van der Waals surface area contributed by atoms with Crippen molar-refractivity contribution in [2.75, 3.05) is 0 Å². The molecule has 1 saturated carbocycles. The van der Waals surface area contributed by atoms with Gasteiger partial charge in [-0.3, -0.25) is 4.55 Å². The van der Waals surface area contributed by atoms with Crippen LogP contribution < -0.4 is 0 Å². The van der Waals surface area contributed by atoms with Gasteiger partial charge >= 0.3 is 0 Å². The number of alkyl halides is 1. The smallest absolute Gasteiger partial charge is 0.268 e. The van der Waals surface area contributed by atoms with Gasteiger partial charge in [-0.15, -0.1) is 0 Å². The van der Waals surface area contributed by atoms with Crippen molar-refractivity contribution in [2.45, 2.75) is 16.5 Å². The third-order valence-corrected chi connectivity index (χ3v) is 3.69. The molecule has 8 heavy (non-hydrogen) atoms. The standard InChI is InChI=1S/C3H5BrO3S/c4-2-1-3(2)8(5,6)7/h2-3H,1H2,(H,5,6,7). The molecule has 0 aromatic rings. The summed E-state index contributed by atoms with van der Waals surface area (Å²) in [6, 6.07) is 0. The summed E-state index contributed by atoms with van der Waals surface area (Å²) in [7, 11) is -3.73. The Balaban J connectivity index is 2.66. The van der Waals surface area contributed by atoms with Crippen molar-refractivity contribution in [2.24, 2.45) is 0 Å². The lowest BCUT2D eigenvalue weighted by Gasteiger charge is -1.85. The molecule has 0 radical (unpaired) electrons. The zero-order chi connectivity index (χ0) is 6.36. The first-order valence-corrected chi connectivity index (χ1v) is 4.54. The second kappa shape index (κ2) is 1.68. The van der Waals surface area contributed by atoms with Crippen LogP contribution in [0.2, 0.25) is 0 Å². The topological polar surface area (TPSA) is 54.4 Å². The minimum Gasteiger partial charge on any atom is -0.285 e. The summed E-state index contributed by atoms with van der Waals surface area (Å²) >= 11 is 3.05. The first-order chi connectivity index (χ1) is 3.52. The van der Waals surface area contributed by atoms with Gasteiger partial charge in [-0.25, -0.2) is 0 Å². The van der Waals surface area contributed by atoms with Crippen LogP contribution in [0.25, 0.3) is 0 Å². The van der Waals surface area contributed by atoms with Crippen LogP contribution in [0.1, 0.15) is 6.42 Å². The molecule has 1 aliphatic carbocycles. The molecule has 0 aromatic carbocycles. The van der Waals surface area contributed by atoms with E-state index in [1.54, 1.807) is 0 Å². The van der Waals surface area contributed by atoms with Gasteiger partial charge in [0.2, 0.25) is 0 Å². The highest BCUT2D eigenvalue weighted by Crippen LogP contribution is 2.35. The Morgan fingerprint density at radius 3 is 2.00 bits per heavy atom. The molecule has 5 heteroatoms. The lowest BCUT2D eigenvalue weighted by atomic mass is 11.0. The second-order valence-corrected chi connectivity index (χ2v) is 4.62. The minimum absolute atomic E-state index is 0.0162. The van der Waals surface area contributed by atoms with Crippen LogP contribution >= 0.6 is 15.9 Å². The molecule has 0 amide bonds. The quantitative estimate of drug-likeness (QED) is 0.493. The fourth-order valence-electron chi connectivity index (χ4n) is 0.452. The summed E-state index contributed by atoms with van der Waals surface area (Å²) in [5, 5.41) is -0.539. The summed E-state index contributed by atoms with van der Waals surface area (Å²) in [6.45, 7) is 0. The number of hydrogen-bond acceptors (Lipinski definition) is 2. The molecular formula is C3H5BrO3S. The van der Waals surface area contributed by atoms with Gasteiger partial charge in [0.1, 0.15) is 5.25 Å². The summed E-state index contributed by atoms with van der Waals surface area (Å²) < 4.78 is 28.5. The number of rotatable bonds is 1. The average molecular weight is 201 g/mol. The van der Waals surface area contributed by atoms with E-state index in [9.17, 15) is 8.42 Å². The molecule has 1 rings (SSSR count). The zero-order valence-electron chi connectivity index (χ0n) is 3.91. The molecule has 2 atom stereocenters. The van der Waals surface area contributed by atoms with E-state index in [0.29, 0.717) is 6.42 Å². The van der Waals surface area contributed by atoms with Gasteiger partial charge in [0.25, 0.3) is 10.1 Å². The van der Waals surface area contributed by atoms with Gasteiger partial charge in [0.15, 0.2) is 0 Å². The lowest BCUT2D eigenvalue weighted by Crippen LogP contribution is -2.05. The Labute approximate surface area is 56.0 Å². The second-order valence-electron chi connectivity index (χ2n) is 1.81. The highest BCUT2D eigenvalue weighted by atomic mass is 79.9. The Hall–Kier alpha value is 0.390. The van der Waals surface area contributed by atoms with Crippen molar-refractivity contribution in [3.63, 3.8) is 0 Å². The molecular weight excluding hydrogens is 196 g/mol. The van der Waals surface area contributed by atoms with Crippen molar-refractivity contribution in [1.29, 1.82) is 0 Å². The van der Waals surface area contributed by atoms with Crippen molar-refractivity contribution in [3.8, 4) is 0 Å². The third kappa shape index (κ3) is 1.21. The van der Waals surface area contributed by atoms with E-state index in [2.05, 4.69) is 15.9 Å². The molecule has 0 bridgehead atoms. The SMILES string of the molecule is O=S(=O)(O)C1CC1Br. The van der Waals surface area contributed by atoms with Crippen LogP contribution in [0.4, 0.5) is 0 Å². The van der Waals surface area contributed by atoms with Crippen LogP contribution in [0, 0.1) is 0 Å². The highest BCUT2D eigenvalue weighted by Gasteiger charge is 2.44. The predicted octanol–water partition coefficient (Wildman–Crippen LogP) is 0.410. The molecule has 1 aliphatic rings. The summed E-state index contributed by atoms with van der Waals surface area (Å²) in [5.74, 6) is 0. The van der Waals surface area contributed by atoms with E-state index < -0.39 is 15.4 Å². The van der Waals surface area contributed by atoms with Gasteiger partial charge in [-0.2, -0.15) is 8.42 Å². The van der Waals surface area contributed by atoms with Crippen molar-refractivity contribution in [1.82, 2.24) is 0 Å². The molecule has 2 unspecified atom stereocenters. The Bertz CT molecular complexity index is 185. The zero-order valence-corrected chi connectivity index (χ0v) is 6.31. The molecule has 3 nitrogen and oxygen atoms in total. The first kappa shape index (κ1) is 6.51. The molecule has 0 aromatic heterocycles. The van der Waals surface area contributed by atoms with Crippen molar-refractivity contribution < 1.29 is 13.0 Å². The first-order valence-electron chi connectivity index (χ1n) is 2.12. The van der Waals surface area contributed by atoms with Gasteiger partial charge < -0.3 is 0 Å². The lowest BCUT2D eigenvalue weighted by molar-refractivity contribution is 0.482. The van der Waals surface area contributed by atoms with Crippen LogP contribution in [-0.2, 0) is 10.1 Å². The van der Waals surface area contributed by atoms with Gasteiger partial charge in [0.05, 0.1) is 0 Å². The third-order valence-electron chi connectivity index (χ3n) is 1.04. The van der Waals surface area contributed by atoms with Gasteiger partial charge in [-0.05, 0) is 6.42 Å². The fraction of sp³-hybridized carbons (Fsp3) is 1.00. The Morgan fingerprint density at radius 2 is 2.00 bits per heavy atom. The molecule has 0 spiro atoms. The molecule has 0 heterocycles. The van der Waals surface area contributed by atoms with Gasteiger partial charge in [-0.1, -0.05) is 15.9 Å². The summed E-state index contributed by atoms with van der Waals surface area (Å²) in [6.07, 6.45) is 0.541. The molecule has 1 N–H and O–H groups in total. The maximum absolute atomic E-state index is 10.1. The molecule has 48 valence electrons. The molecule has 0 aliphatic heterocycles. The van der Waals surface area contributed by atoms with Crippen LogP contribution in [0.15, 0.2) is 0 Å². The molecule has 1 fully saturated rings. The number of halogens is 1. The summed E-state index contributed by atoms with van der Waals surface area (Å²) in [4.78, 5) is -0.0162. The maximum Gasteiger partial charge on any atom is 0.268 e. The average Bonchev–Trinajstić information content (AvgIpc) is 2.13. The largest absolute Gasteiger partial charge is 0.285 e. The maximum atomic E-state index is 10.1. The Kier molecular flexibility index (Phi) is 1.37.